The van der Waals surface area contributed by atoms with Crippen LogP contribution < -0.4 is 5.32 Å². The first-order valence-corrected chi connectivity index (χ1v) is 7.74. The van der Waals surface area contributed by atoms with Gasteiger partial charge in [-0.15, -0.1) is 0 Å². The molecule has 108 valence electrons. The monoisotopic (exact) mass is 326 g/mol. The van der Waals surface area contributed by atoms with Crippen LogP contribution in [0, 0.1) is 5.41 Å². The lowest BCUT2D eigenvalue weighted by atomic mass is 9.92. The van der Waals surface area contributed by atoms with Gasteiger partial charge >= 0.3 is 0 Å². The Morgan fingerprint density at radius 3 is 2.58 bits per heavy atom. The van der Waals surface area contributed by atoms with Gasteiger partial charge in [0.1, 0.15) is 0 Å². The van der Waals surface area contributed by atoms with E-state index in [-0.39, 0.29) is 5.41 Å². The second-order valence-corrected chi connectivity index (χ2v) is 7.42. The van der Waals surface area contributed by atoms with Crippen LogP contribution in [0.1, 0.15) is 33.3 Å². The summed E-state index contributed by atoms with van der Waals surface area (Å²) in [7, 11) is 2.19. The minimum absolute atomic E-state index is 0.283. The van der Waals surface area contributed by atoms with Crippen LogP contribution in [0.4, 0.5) is 0 Å². The third kappa shape index (κ3) is 7.09. The molecule has 1 rings (SSSR count). The van der Waals surface area contributed by atoms with Crippen molar-refractivity contribution in [2.45, 2.75) is 40.3 Å². The Hall–Kier alpha value is -0.380. The van der Waals surface area contributed by atoms with Crippen molar-refractivity contribution in [2.75, 3.05) is 20.1 Å². The highest BCUT2D eigenvalue weighted by Gasteiger charge is 2.20. The van der Waals surface area contributed by atoms with Crippen molar-refractivity contribution < 1.29 is 0 Å². The molecule has 0 amide bonds. The highest BCUT2D eigenvalue weighted by molar-refractivity contribution is 9.10. The molecule has 0 atom stereocenters. The van der Waals surface area contributed by atoms with Crippen molar-refractivity contribution in [3.05, 3.63) is 34.3 Å². The Labute approximate surface area is 126 Å². The van der Waals surface area contributed by atoms with Crippen molar-refractivity contribution in [1.29, 1.82) is 0 Å². The van der Waals surface area contributed by atoms with Gasteiger partial charge in [0, 0.05) is 30.1 Å². The van der Waals surface area contributed by atoms with Crippen molar-refractivity contribution in [3.63, 3.8) is 0 Å². The van der Waals surface area contributed by atoms with Gasteiger partial charge < -0.3 is 10.2 Å². The van der Waals surface area contributed by atoms with Crippen molar-refractivity contribution in [3.8, 4) is 0 Å². The second kappa shape index (κ2) is 7.41. The molecule has 2 nitrogen and oxygen atoms in total. The summed E-state index contributed by atoms with van der Waals surface area (Å²) in [6, 6.07) is 9.09. The Morgan fingerprint density at radius 1 is 1.32 bits per heavy atom. The first-order chi connectivity index (χ1) is 8.78. The van der Waals surface area contributed by atoms with E-state index >= 15 is 0 Å². The molecule has 0 aliphatic heterocycles. The molecule has 0 radical (unpaired) electrons. The Bertz CT molecular complexity index is 388. The van der Waals surface area contributed by atoms with Crippen LogP contribution >= 0.6 is 15.9 Å². The van der Waals surface area contributed by atoms with Gasteiger partial charge in [0.25, 0.3) is 0 Å². The lowest BCUT2D eigenvalue weighted by molar-refractivity contribution is 0.195. The molecule has 0 heterocycles. The van der Waals surface area contributed by atoms with Gasteiger partial charge in [-0.05, 0) is 30.2 Å². The molecule has 3 heteroatoms. The van der Waals surface area contributed by atoms with Crippen molar-refractivity contribution >= 4 is 15.9 Å². The van der Waals surface area contributed by atoms with Gasteiger partial charge in [-0.1, -0.05) is 55.8 Å². The predicted octanol–water partition coefficient (Wildman–Crippen LogP) is 3.91. The maximum Gasteiger partial charge on any atom is 0.0231 e. The Balaban J connectivity index is 2.47. The van der Waals surface area contributed by atoms with Crippen LogP contribution in [0.2, 0.25) is 0 Å². The van der Waals surface area contributed by atoms with Crippen molar-refractivity contribution in [1.82, 2.24) is 10.2 Å². The second-order valence-electron chi connectivity index (χ2n) is 6.50. The van der Waals surface area contributed by atoms with E-state index in [1.807, 2.05) is 0 Å². The number of nitrogens with one attached hydrogen (secondary N) is 1. The SMILES string of the molecule is CC(C)NCC(C)(C)CN(C)Cc1cccc(Br)c1. The lowest BCUT2D eigenvalue weighted by Crippen LogP contribution is -2.40. The van der Waals surface area contributed by atoms with Crippen LogP contribution in [0.5, 0.6) is 0 Å². The van der Waals surface area contributed by atoms with E-state index < -0.39 is 0 Å². The van der Waals surface area contributed by atoms with E-state index in [4.69, 9.17) is 0 Å². The molecular formula is C16H27BrN2. The molecule has 0 saturated carbocycles. The number of benzene rings is 1. The van der Waals surface area contributed by atoms with Gasteiger partial charge in [0.05, 0.1) is 0 Å². The smallest absolute Gasteiger partial charge is 0.0231 e. The third-order valence-electron chi connectivity index (χ3n) is 3.03. The zero-order chi connectivity index (χ0) is 14.5. The topological polar surface area (TPSA) is 15.3 Å². The summed E-state index contributed by atoms with van der Waals surface area (Å²) < 4.78 is 1.15. The molecule has 1 N–H and O–H groups in total. The fraction of sp³-hybridized carbons (Fsp3) is 0.625. The maximum absolute atomic E-state index is 3.53. The molecule has 1 aromatic carbocycles. The van der Waals surface area contributed by atoms with E-state index in [9.17, 15) is 0 Å². The first kappa shape index (κ1) is 16.7. The molecular weight excluding hydrogens is 300 g/mol. The maximum atomic E-state index is 3.53. The fourth-order valence-electron chi connectivity index (χ4n) is 2.27. The average Bonchev–Trinajstić information content (AvgIpc) is 2.25. The zero-order valence-corrected chi connectivity index (χ0v) is 14.4. The minimum Gasteiger partial charge on any atom is -0.314 e. The van der Waals surface area contributed by atoms with E-state index in [0.717, 1.165) is 24.1 Å². The van der Waals surface area contributed by atoms with Crippen LogP contribution in [0.15, 0.2) is 28.7 Å². The van der Waals surface area contributed by atoms with Crippen molar-refractivity contribution in [2.24, 2.45) is 5.41 Å². The van der Waals surface area contributed by atoms with Crippen LogP contribution in [0.3, 0.4) is 0 Å². The largest absolute Gasteiger partial charge is 0.314 e. The zero-order valence-electron chi connectivity index (χ0n) is 12.8. The lowest BCUT2D eigenvalue weighted by Gasteiger charge is -2.31. The normalized spacial score (nSPS) is 12.4. The van der Waals surface area contributed by atoms with Gasteiger partial charge in [0.2, 0.25) is 0 Å². The molecule has 1 aromatic rings. The Morgan fingerprint density at radius 2 is 2.00 bits per heavy atom. The molecule has 0 fully saturated rings. The summed E-state index contributed by atoms with van der Waals surface area (Å²) in [4.78, 5) is 2.39. The quantitative estimate of drug-likeness (QED) is 0.817. The predicted molar refractivity (Wildman–Crippen MR) is 87.4 cm³/mol. The van der Waals surface area contributed by atoms with Gasteiger partial charge in [-0.2, -0.15) is 0 Å². The molecule has 0 aromatic heterocycles. The van der Waals surface area contributed by atoms with E-state index in [0.29, 0.717) is 6.04 Å². The Kier molecular flexibility index (Phi) is 6.51. The van der Waals surface area contributed by atoms with Crippen LogP contribution in [-0.2, 0) is 6.54 Å². The van der Waals surface area contributed by atoms with Crippen LogP contribution in [-0.4, -0.2) is 31.1 Å². The van der Waals surface area contributed by atoms with E-state index in [1.54, 1.807) is 0 Å². The molecule has 0 unspecified atom stereocenters. The number of hydrogen-bond acceptors (Lipinski definition) is 2. The summed E-state index contributed by atoms with van der Waals surface area (Å²) >= 11 is 3.53. The molecule has 0 aliphatic rings. The molecule has 19 heavy (non-hydrogen) atoms. The number of rotatable bonds is 7. The number of hydrogen-bond donors (Lipinski definition) is 1. The highest BCUT2D eigenvalue weighted by atomic mass is 79.9. The van der Waals surface area contributed by atoms with Gasteiger partial charge in [0.15, 0.2) is 0 Å². The number of halogens is 1. The minimum atomic E-state index is 0.283. The van der Waals surface area contributed by atoms with Gasteiger partial charge in [-0.3, -0.25) is 0 Å². The van der Waals surface area contributed by atoms with Crippen LogP contribution in [0.25, 0.3) is 0 Å². The summed E-state index contributed by atoms with van der Waals surface area (Å²) in [5.74, 6) is 0. The molecule has 0 bridgehead atoms. The highest BCUT2D eigenvalue weighted by Crippen LogP contribution is 2.18. The summed E-state index contributed by atoms with van der Waals surface area (Å²) in [5.41, 5.74) is 1.63. The average molecular weight is 327 g/mol. The number of nitrogens with zero attached hydrogens (tertiary/aromatic N) is 1. The van der Waals surface area contributed by atoms with E-state index in [2.05, 4.69) is 85.2 Å². The summed E-state index contributed by atoms with van der Waals surface area (Å²) in [6.07, 6.45) is 0. The standard InChI is InChI=1S/C16H27BrN2/c1-13(2)18-11-16(3,4)12-19(5)10-14-7-6-8-15(17)9-14/h6-9,13,18H,10-12H2,1-5H3. The van der Waals surface area contributed by atoms with Gasteiger partial charge in [-0.25, -0.2) is 0 Å². The summed E-state index contributed by atoms with van der Waals surface area (Å²) in [5, 5.41) is 3.53. The third-order valence-corrected chi connectivity index (χ3v) is 3.52. The molecule has 0 spiro atoms. The molecule has 0 aliphatic carbocycles. The van der Waals surface area contributed by atoms with E-state index in [1.165, 1.54) is 5.56 Å². The summed E-state index contributed by atoms with van der Waals surface area (Å²) in [6.45, 7) is 12.2. The molecule has 0 saturated heterocycles. The first-order valence-electron chi connectivity index (χ1n) is 6.95. The fourth-order valence-corrected chi connectivity index (χ4v) is 2.72.